The van der Waals surface area contributed by atoms with Crippen molar-refractivity contribution in [3.8, 4) is 17.3 Å². The molecule has 0 bridgehead atoms. The summed E-state index contributed by atoms with van der Waals surface area (Å²) in [5.41, 5.74) is 3.88. The number of rotatable bonds is 7. The van der Waals surface area contributed by atoms with Crippen LogP contribution in [0.25, 0.3) is 11.3 Å². The first-order valence-corrected chi connectivity index (χ1v) is 13.2. The Balaban J connectivity index is 1.20. The van der Waals surface area contributed by atoms with Gasteiger partial charge in [-0.3, -0.25) is 9.69 Å². The molecule has 0 aliphatic carbocycles. The van der Waals surface area contributed by atoms with E-state index in [4.69, 9.17) is 21.6 Å². The van der Waals surface area contributed by atoms with Crippen molar-refractivity contribution in [3.05, 3.63) is 65.3 Å². The second kappa shape index (κ2) is 12.2. The van der Waals surface area contributed by atoms with Crippen molar-refractivity contribution in [3.63, 3.8) is 0 Å². The average Bonchev–Trinajstić information content (AvgIpc) is 2.98. The number of carbonyl (C=O) groups excluding carboxylic acids is 1. The summed E-state index contributed by atoms with van der Waals surface area (Å²) in [5, 5.41) is 14.8. The number of nitrogens with one attached hydrogen (secondary N) is 2. The van der Waals surface area contributed by atoms with Gasteiger partial charge in [-0.25, -0.2) is 9.97 Å². The lowest BCUT2D eigenvalue weighted by molar-refractivity contribution is 0.0115. The van der Waals surface area contributed by atoms with Gasteiger partial charge < -0.3 is 20.3 Å². The molecule has 2 aromatic carbocycles. The first-order chi connectivity index (χ1) is 18.6. The molecule has 10 heteroatoms. The Bertz CT molecular complexity index is 1280. The number of piperidine rings is 1. The van der Waals surface area contributed by atoms with E-state index >= 15 is 0 Å². The van der Waals surface area contributed by atoms with Crippen LogP contribution >= 0.6 is 11.6 Å². The van der Waals surface area contributed by atoms with Gasteiger partial charge in [-0.1, -0.05) is 23.7 Å². The summed E-state index contributed by atoms with van der Waals surface area (Å²) in [7, 11) is 0. The van der Waals surface area contributed by atoms with E-state index in [1.807, 2.05) is 18.2 Å². The van der Waals surface area contributed by atoms with Crippen molar-refractivity contribution in [1.29, 1.82) is 5.26 Å². The zero-order chi connectivity index (χ0) is 26.3. The minimum absolute atomic E-state index is 0.0399. The Kier molecular flexibility index (Phi) is 8.34. The van der Waals surface area contributed by atoms with Gasteiger partial charge in [0.1, 0.15) is 6.54 Å². The van der Waals surface area contributed by atoms with Crippen LogP contribution in [-0.4, -0.2) is 72.8 Å². The lowest BCUT2D eigenvalue weighted by Gasteiger charge is -2.40. The number of aromatic nitrogens is 2. The largest absolute Gasteiger partial charge is 0.379 e. The van der Waals surface area contributed by atoms with Crippen LogP contribution in [0.4, 0.5) is 17.3 Å². The Morgan fingerprint density at radius 2 is 1.76 bits per heavy atom. The van der Waals surface area contributed by atoms with Crippen LogP contribution in [0.5, 0.6) is 0 Å². The molecule has 2 saturated heterocycles. The highest BCUT2D eigenvalue weighted by Crippen LogP contribution is 2.29. The van der Waals surface area contributed by atoms with Crippen molar-refractivity contribution in [1.82, 2.24) is 20.2 Å². The number of carbonyl (C=O) groups is 1. The van der Waals surface area contributed by atoms with Crippen molar-refractivity contribution >= 4 is 34.8 Å². The molecule has 5 rings (SSSR count). The zero-order valence-corrected chi connectivity index (χ0v) is 21.8. The normalized spacial score (nSPS) is 16.6. The van der Waals surface area contributed by atoms with Gasteiger partial charge in [0.25, 0.3) is 5.91 Å². The van der Waals surface area contributed by atoms with Gasteiger partial charge >= 0.3 is 0 Å². The van der Waals surface area contributed by atoms with Gasteiger partial charge in [0.2, 0.25) is 5.95 Å². The summed E-state index contributed by atoms with van der Waals surface area (Å²) in [6.07, 6.45) is 3.91. The molecule has 0 unspecified atom stereocenters. The van der Waals surface area contributed by atoms with Crippen LogP contribution in [-0.2, 0) is 4.74 Å². The molecule has 2 fully saturated rings. The molecule has 2 aliphatic rings. The quantitative estimate of drug-likeness (QED) is 0.439. The Labute approximate surface area is 227 Å². The van der Waals surface area contributed by atoms with E-state index in [1.54, 1.807) is 30.5 Å². The van der Waals surface area contributed by atoms with Crippen molar-refractivity contribution in [2.24, 2.45) is 0 Å². The van der Waals surface area contributed by atoms with Crippen molar-refractivity contribution in [2.45, 2.75) is 18.9 Å². The van der Waals surface area contributed by atoms with E-state index in [-0.39, 0.29) is 12.5 Å². The van der Waals surface area contributed by atoms with Crippen LogP contribution in [0.1, 0.15) is 23.2 Å². The predicted octanol–water partition coefficient (Wildman–Crippen LogP) is 4.09. The van der Waals surface area contributed by atoms with E-state index in [0.717, 1.165) is 50.6 Å². The molecule has 0 radical (unpaired) electrons. The van der Waals surface area contributed by atoms with E-state index in [9.17, 15) is 4.79 Å². The molecule has 1 aromatic heterocycles. The summed E-state index contributed by atoms with van der Waals surface area (Å²) in [5.74, 6) is 0.124. The van der Waals surface area contributed by atoms with Crippen LogP contribution in [0.3, 0.4) is 0 Å². The third-order valence-corrected chi connectivity index (χ3v) is 7.28. The maximum absolute atomic E-state index is 12.0. The molecule has 196 valence electrons. The molecule has 1 amide bonds. The van der Waals surface area contributed by atoms with Crippen molar-refractivity contribution in [2.75, 3.05) is 56.2 Å². The number of benzene rings is 2. The fourth-order valence-electron chi connectivity index (χ4n) is 4.95. The summed E-state index contributed by atoms with van der Waals surface area (Å²) >= 11 is 6.39. The number of nitriles is 1. The first-order valence-electron chi connectivity index (χ1n) is 12.8. The number of morpholine rings is 1. The van der Waals surface area contributed by atoms with Gasteiger partial charge in [0.05, 0.1) is 36.2 Å². The smallest absolute Gasteiger partial charge is 0.252 e. The highest BCUT2D eigenvalue weighted by molar-refractivity contribution is 6.32. The molecule has 3 aromatic rings. The molecular weight excluding hydrogens is 502 g/mol. The fourth-order valence-corrected chi connectivity index (χ4v) is 5.15. The maximum atomic E-state index is 12.0. The molecule has 9 nitrogen and oxygen atoms in total. The van der Waals surface area contributed by atoms with Crippen LogP contribution in [0, 0.1) is 11.3 Å². The summed E-state index contributed by atoms with van der Waals surface area (Å²) in [4.78, 5) is 26.0. The van der Waals surface area contributed by atoms with E-state index in [1.165, 1.54) is 18.5 Å². The summed E-state index contributed by atoms with van der Waals surface area (Å²) < 4.78 is 5.50. The predicted molar refractivity (Wildman–Crippen MR) is 148 cm³/mol. The standard InChI is InChI=1S/C28H30ClN7O2/c29-25-19-32-28(34-26(25)20-1-3-21(4-2-20)27(37)31-12-11-30)33-22-5-7-23(8-6-22)35-13-9-24(10-14-35)36-15-17-38-18-16-36/h1-8,19,24H,9-10,12-18H2,(H,31,37)(H,32,33,34). The van der Waals surface area contributed by atoms with Crippen LogP contribution < -0.4 is 15.5 Å². The van der Waals surface area contributed by atoms with Gasteiger partial charge in [-0.2, -0.15) is 5.26 Å². The SMILES string of the molecule is N#CCNC(=O)c1ccc(-c2nc(Nc3ccc(N4CCC(N5CCOCC5)CC4)cc3)ncc2Cl)cc1. The molecule has 3 heterocycles. The molecule has 2 aliphatic heterocycles. The monoisotopic (exact) mass is 531 g/mol. The van der Waals surface area contributed by atoms with Crippen LogP contribution in [0.2, 0.25) is 5.02 Å². The highest BCUT2D eigenvalue weighted by atomic mass is 35.5. The third-order valence-electron chi connectivity index (χ3n) is 7.01. The lowest BCUT2D eigenvalue weighted by Crippen LogP contribution is -2.49. The maximum Gasteiger partial charge on any atom is 0.252 e. The third kappa shape index (κ3) is 6.22. The Morgan fingerprint density at radius 3 is 2.45 bits per heavy atom. The van der Waals surface area contributed by atoms with Crippen molar-refractivity contribution < 1.29 is 9.53 Å². The topological polar surface area (TPSA) is 106 Å². The second-order valence-corrected chi connectivity index (χ2v) is 9.75. The van der Waals surface area contributed by atoms with Crippen LogP contribution in [0.15, 0.2) is 54.7 Å². The van der Waals surface area contributed by atoms with Gasteiger partial charge in [-0.15, -0.1) is 0 Å². The molecule has 0 spiro atoms. The molecular formula is C28H30ClN7O2. The van der Waals surface area contributed by atoms with E-state index in [0.29, 0.717) is 28.3 Å². The first kappa shape index (κ1) is 25.9. The van der Waals surface area contributed by atoms with E-state index in [2.05, 4.69) is 42.5 Å². The fraction of sp³-hybridized carbons (Fsp3) is 0.357. The molecule has 0 saturated carbocycles. The summed E-state index contributed by atoms with van der Waals surface area (Å²) in [6.45, 7) is 5.86. The molecule has 0 atom stereocenters. The zero-order valence-electron chi connectivity index (χ0n) is 21.1. The second-order valence-electron chi connectivity index (χ2n) is 9.35. The number of amides is 1. The Hall–Kier alpha value is -3.71. The minimum Gasteiger partial charge on any atom is -0.379 e. The molecule has 38 heavy (non-hydrogen) atoms. The lowest BCUT2D eigenvalue weighted by atomic mass is 10.0. The summed E-state index contributed by atoms with van der Waals surface area (Å²) in [6, 6.07) is 17.8. The molecule has 2 N–H and O–H groups in total. The number of halogens is 1. The van der Waals surface area contributed by atoms with Gasteiger partial charge in [-0.05, 0) is 49.2 Å². The minimum atomic E-state index is -0.306. The number of anilines is 3. The van der Waals surface area contributed by atoms with Gasteiger partial charge in [0, 0.05) is 54.7 Å². The number of nitrogens with zero attached hydrogens (tertiary/aromatic N) is 5. The number of hydrogen-bond acceptors (Lipinski definition) is 8. The number of ether oxygens (including phenoxy) is 1. The van der Waals surface area contributed by atoms with E-state index < -0.39 is 0 Å². The highest BCUT2D eigenvalue weighted by Gasteiger charge is 2.25. The Morgan fingerprint density at radius 1 is 1.05 bits per heavy atom. The van der Waals surface area contributed by atoms with Gasteiger partial charge in [0.15, 0.2) is 0 Å². The average molecular weight is 532 g/mol. The number of hydrogen-bond donors (Lipinski definition) is 2.